The van der Waals surface area contributed by atoms with Crippen LogP contribution >= 0.6 is 0 Å². The second-order valence-electron chi connectivity index (χ2n) is 4.62. The maximum Gasteiger partial charge on any atom is 0.627 e. The fourth-order valence-corrected chi connectivity index (χ4v) is 1.97. The molecule has 0 bridgehead atoms. The zero-order valence-corrected chi connectivity index (χ0v) is 11.1. The lowest BCUT2D eigenvalue weighted by Gasteiger charge is -2.19. The van der Waals surface area contributed by atoms with E-state index in [-0.39, 0.29) is 12.2 Å². The first-order chi connectivity index (χ1) is 10.2. The van der Waals surface area contributed by atoms with E-state index in [0.717, 1.165) is 5.56 Å². The highest BCUT2D eigenvalue weighted by molar-refractivity contribution is 6.60. The van der Waals surface area contributed by atoms with E-state index in [1.807, 2.05) is 30.3 Å². The van der Waals surface area contributed by atoms with Crippen LogP contribution < -0.4 is 5.79 Å². The van der Waals surface area contributed by atoms with E-state index in [1.54, 1.807) is 0 Å². The van der Waals surface area contributed by atoms with E-state index in [1.165, 1.54) is 0 Å². The number of carbonyl (C=O) groups is 1. The van der Waals surface area contributed by atoms with E-state index in [9.17, 15) is 9.90 Å². The predicted octanol–water partition coefficient (Wildman–Crippen LogP) is 0.494. The Bertz CT molecular complexity index is 618. The van der Waals surface area contributed by atoms with Crippen LogP contribution in [0.15, 0.2) is 34.7 Å². The Labute approximate surface area is 121 Å². The topological polar surface area (TPSA) is 94.7 Å². The first-order valence-electron chi connectivity index (χ1n) is 6.64. The molecular formula is C13H13BN2O5. The van der Waals surface area contributed by atoms with Crippen molar-refractivity contribution in [2.75, 3.05) is 0 Å². The fraction of sp³-hybridized carbons (Fsp3) is 0.308. The molecule has 1 atom stereocenters. The maximum absolute atomic E-state index is 11.5. The van der Waals surface area contributed by atoms with Crippen molar-refractivity contribution in [1.82, 2.24) is 10.2 Å². The minimum Gasteiger partial charge on any atom is -0.503 e. The third-order valence-corrected chi connectivity index (χ3v) is 3.01. The lowest BCUT2D eigenvalue weighted by atomic mass is 9.89. The minimum atomic E-state index is -1.18. The zero-order valence-electron chi connectivity index (χ0n) is 11.1. The van der Waals surface area contributed by atoms with E-state index in [2.05, 4.69) is 10.2 Å². The van der Waals surface area contributed by atoms with Crippen LogP contribution in [0.25, 0.3) is 11.5 Å². The summed E-state index contributed by atoms with van der Waals surface area (Å²) in [6, 6.07) is 9.19. The smallest absolute Gasteiger partial charge is 0.503 e. The third-order valence-electron chi connectivity index (χ3n) is 3.01. The Morgan fingerprint density at radius 3 is 2.86 bits per heavy atom. The van der Waals surface area contributed by atoms with Crippen molar-refractivity contribution in [2.24, 2.45) is 0 Å². The van der Waals surface area contributed by atoms with Crippen LogP contribution in [0.1, 0.15) is 19.3 Å². The van der Waals surface area contributed by atoms with Crippen LogP contribution in [-0.2, 0) is 14.1 Å². The number of benzene rings is 1. The number of carbonyl (C=O) groups excluding carboxylic acids is 1. The Kier molecular flexibility index (Phi) is 3.98. The molecule has 3 rings (SSSR count). The van der Waals surface area contributed by atoms with Gasteiger partial charge < -0.3 is 18.8 Å². The largest absolute Gasteiger partial charge is 0.627 e. The molecule has 0 radical (unpaired) electrons. The van der Waals surface area contributed by atoms with Crippen LogP contribution in [0, 0.1) is 0 Å². The van der Waals surface area contributed by atoms with Gasteiger partial charge in [-0.2, -0.15) is 0 Å². The van der Waals surface area contributed by atoms with Gasteiger partial charge in [-0.3, -0.25) is 4.79 Å². The first-order valence-corrected chi connectivity index (χ1v) is 6.64. The van der Waals surface area contributed by atoms with E-state index < -0.39 is 19.4 Å². The van der Waals surface area contributed by atoms with Gasteiger partial charge >= 0.3 is 7.12 Å². The average molecular weight is 288 g/mol. The molecule has 1 N–H and O–H groups in total. The van der Waals surface area contributed by atoms with Crippen molar-refractivity contribution in [1.29, 1.82) is 0 Å². The van der Waals surface area contributed by atoms with Crippen molar-refractivity contribution in [3.63, 3.8) is 0 Å². The SMILES string of the molecule is O=C1CCCC(O)OB(c2nnc(-c3ccccc3)o2)O1. The standard InChI is InChI=1S/C13H13BN2O5/c17-10-7-4-8-11(18)21-14(20-10)13-16-15-12(19-13)9-5-2-1-3-6-9/h1-3,5-6,10,17H,4,7-8H2. The molecule has 0 amide bonds. The van der Waals surface area contributed by atoms with Gasteiger partial charge in [-0.15, -0.1) is 10.2 Å². The second-order valence-corrected chi connectivity index (χ2v) is 4.62. The average Bonchev–Trinajstić information content (AvgIpc) is 2.95. The number of nitrogens with zero attached hydrogens (tertiary/aromatic N) is 2. The normalized spacial score (nSPS) is 19.8. The van der Waals surface area contributed by atoms with Gasteiger partial charge in [0, 0.05) is 12.0 Å². The summed E-state index contributed by atoms with van der Waals surface area (Å²) in [5.74, 6) is -0.128. The van der Waals surface area contributed by atoms with Crippen molar-refractivity contribution in [2.45, 2.75) is 25.6 Å². The van der Waals surface area contributed by atoms with Crippen LogP contribution in [0.5, 0.6) is 0 Å². The van der Waals surface area contributed by atoms with Gasteiger partial charge in [-0.1, -0.05) is 18.2 Å². The number of aliphatic hydroxyl groups is 1. The molecule has 1 aromatic carbocycles. The number of hydrogen-bond donors (Lipinski definition) is 1. The molecule has 1 aromatic heterocycles. The van der Waals surface area contributed by atoms with Gasteiger partial charge in [0.2, 0.25) is 5.89 Å². The van der Waals surface area contributed by atoms with Gasteiger partial charge in [-0.05, 0) is 25.0 Å². The van der Waals surface area contributed by atoms with Crippen molar-refractivity contribution in [3.8, 4) is 11.5 Å². The number of aromatic nitrogens is 2. The van der Waals surface area contributed by atoms with Crippen LogP contribution in [0.2, 0.25) is 0 Å². The Hall–Kier alpha value is -2.19. The molecule has 1 fully saturated rings. The molecular weight excluding hydrogens is 275 g/mol. The Morgan fingerprint density at radius 1 is 1.24 bits per heavy atom. The summed E-state index contributed by atoms with van der Waals surface area (Å²) < 4.78 is 15.8. The molecule has 2 heterocycles. The van der Waals surface area contributed by atoms with Crippen LogP contribution in [-0.4, -0.2) is 34.7 Å². The van der Waals surface area contributed by atoms with E-state index in [4.69, 9.17) is 13.7 Å². The molecule has 8 heteroatoms. The summed E-state index contributed by atoms with van der Waals surface area (Å²) in [4.78, 5) is 11.5. The molecule has 1 unspecified atom stereocenters. The monoisotopic (exact) mass is 288 g/mol. The van der Waals surface area contributed by atoms with Gasteiger partial charge in [0.15, 0.2) is 0 Å². The summed E-state index contributed by atoms with van der Waals surface area (Å²) in [5.41, 5.74) is 0.744. The highest BCUT2D eigenvalue weighted by atomic mass is 16.7. The van der Waals surface area contributed by atoms with E-state index in [0.29, 0.717) is 18.7 Å². The van der Waals surface area contributed by atoms with Gasteiger partial charge in [0.1, 0.15) is 6.29 Å². The minimum absolute atomic E-state index is 0.00292. The molecule has 108 valence electrons. The lowest BCUT2D eigenvalue weighted by molar-refractivity contribution is -0.140. The molecule has 7 nitrogen and oxygen atoms in total. The Morgan fingerprint density at radius 2 is 2.05 bits per heavy atom. The molecule has 0 saturated carbocycles. The predicted molar refractivity (Wildman–Crippen MR) is 72.2 cm³/mol. The lowest BCUT2D eigenvalue weighted by Crippen LogP contribution is -2.43. The molecule has 0 aliphatic carbocycles. The quantitative estimate of drug-likeness (QED) is 0.804. The van der Waals surface area contributed by atoms with Crippen molar-refractivity contribution in [3.05, 3.63) is 30.3 Å². The summed E-state index contributed by atoms with van der Waals surface area (Å²) in [6.07, 6.45) is 0.0448. The molecule has 1 saturated heterocycles. The highest BCUT2D eigenvalue weighted by Gasteiger charge is 2.36. The molecule has 0 spiro atoms. The van der Waals surface area contributed by atoms with Gasteiger partial charge in [-0.25, -0.2) is 0 Å². The summed E-state index contributed by atoms with van der Waals surface area (Å²) >= 11 is 0. The number of hydrogen-bond acceptors (Lipinski definition) is 7. The van der Waals surface area contributed by atoms with Gasteiger partial charge in [0.05, 0.1) is 0 Å². The van der Waals surface area contributed by atoms with E-state index >= 15 is 0 Å². The first kappa shape index (κ1) is 13.8. The Balaban J connectivity index is 1.82. The second kappa shape index (κ2) is 6.07. The number of aliphatic hydroxyl groups excluding tert-OH is 1. The van der Waals surface area contributed by atoms with Gasteiger partial charge in [0.25, 0.3) is 11.8 Å². The molecule has 21 heavy (non-hydrogen) atoms. The molecule has 2 aromatic rings. The fourth-order valence-electron chi connectivity index (χ4n) is 1.97. The van der Waals surface area contributed by atoms with Crippen LogP contribution in [0.3, 0.4) is 0 Å². The summed E-state index contributed by atoms with van der Waals surface area (Å²) in [6.45, 7) is 0. The molecule has 1 aliphatic rings. The zero-order chi connectivity index (χ0) is 14.7. The maximum atomic E-state index is 11.5. The van der Waals surface area contributed by atoms with Crippen molar-refractivity contribution < 1.29 is 23.6 Å². The summed E-state index contributed by atoms with van der Waals surface area (Å²) in [5, 5.41) is 17.4. The van der Waals surface area contributed by atoms with Crippen LogP contribution in [0.4, 0.5) is 0 Å². The summed E-state index contributed by atoms with van der Waals surface area (Å²) in [7, 11) is -1.18. The van der Waals surface area contributed by atoms with Crippen molar-refractivity contribution >= 4 is 18.9 Å². The molecule has 1 aliphatic heterocycles. The number of rotatable bonds is 2. The third kappa shape index (κ3) is 3.29. The highest BCUT2D eigenvalue weighted by Crippen LogP contribution is 2.16.